The number of amidine groups is 1. The minimum atomic E-state index is 0.868. The van der Waals surface area contributed by atoms with Crippen molar-refractivity contribution in [1.82, 2.24) is 0 Å². The standard InChI is InChI=1S/C27H18N2S2/c1-2-6-18(7-3-1)27-28-23-16-19(25-8-4-14-30-25)10-12-21(23)22-13-11-20(17-24(22)29-27)26-9-5-15-31-26/h1-17H,(H,28,29). The summed E-state index contributed by atoms with van der Waals surface area (Å²) in [6.45, 7) is 0. The van der Waals surface area contributed by atoms with Crippen LogP contribution in [0.25, 0.3) is 32.0 Å². The van der Waals surface area contributed by atoms with E-state index < -0.39 is 0 Å². The normalized spacial score (nSPS) is 12.3. The molecule has 31 heavy (non-hydrogen) atoms. The van der Waals surface area contributed by atoms with Gasteiger partial charge in [-0.1, -0.05) is 66.7 Å². The number of rotatable bonds is 3. The summed E-state index contributed by atoms with van der Waals surface area (Å²) < 4.78 is 0. The minimum Gasteiger partial charge on any atom is -0.339 e. The molecule has 0 saturated heterocycles. The van der Waals surface area contributed by atoms with Gasteiger partial charge in [0.25, 0.3) is 0 Å². The fraction of sp³-hybridized carbons (Fsp3) is 0. The zero-order chi connectivity index (χ0) is 20.6. The van der Waals surface area contributed by atoms with Crippen molar-refractivity contribution < 1.29 is 0 Å². The maximum absolute atomic E-state index is 5.10. The summed E-state index contributed by atoms with van der Waals surface area (Å²) in [5.74, 6) is 0.868. The first-order valence-electron chi connectivity index (χ1n) is 10.1. The van der Waals surface area contributed by atoms with Crippen molar-refractivity contribution in [2.24, 2.45) is 4.99 Å². The number of aliphatic imine (C=N–C) groups is 1. The van der Waals surface area contributed by atoms with Crippen LogP contribution >= 0.6 is 22.7 Å². The summed E-state index contributed by atoms with van der Waals surface area (Å²) in [5.41, 5.74) is 7.87. The van der Waals surface area contributed by atoms with Crippen molar-refractivity contribution >= 4 is 39.9 Å². The number of fused-ring (bicyclic) bond motifs is 3. The summed E-state index contributed by atoms with van der Waals surface area (Å²) >= 11 is 3.51. The van der Waals surface area contributed by atoms with Gasteiger partial charge in [0, 0.05) is 32.1 Å². The molecule has 1 aliphatic rings. The Morgan fingerprint density at radius 1 is 0.581 bits per heavy atom. The molecule has 0 amide bonds. The van der Waals surface area contributed by atoms with E-state index in [4.69, 9.17) is 4.99 Å². The van der Waals surface area contributed by atoms with Crippen LogP contribution in [0.2, 0.25) is 0 Å². The molecule has 3 heterocycles. The quantitative estimate of drug-likeness (QED) is 0.303. The van der Waals surface area contributed by atoms with Gasteiger partial charge in [-0.2, -0.15) is 0 Å². The molecule has 148 valence electrons. The molecule has 5 aromatic rings. The molecule has 0 bridgehead atoms. The van der Waals surface area contributed by atoms with E-state index in [0.717, 1.165) is 28.3 Å². The Morgan fingerprint density at radius 3 is 1.94 bits per heavy atom. The second kappa shape index (κ2) is 7.65. The minimum absolute atomic E-state index is 0.868. The van der Waals surface area contributed by atoms with Gasteiger partial charge in [0.2, 0.25) is 0 Å². The number of nitrogens with zero attached hydrogens (tertiary/aromatic N) is 1. The van der Waals surface area contributed by atoms with E-state index in [2.05, 4.69) is 101 Å². The molecule has 6 rings (SSSR count). The van der Waals surface area contributed by atoms with Gasteiger partial charge < -0.3 is 5.32 Å². The highest BCUT2D eigenvalue weighted by molar-refractivity contribution is 7.13. The third-order valence-corrected chi connectivity index (χ3v) is 7.29. The van der Waals surface area contributed by atoms with Crippen LogP contribution in [-0.2, 0) is 0 Å². The molecule has 1 aliphatic heterocycles. The first kappa shape index (κ1) is 18.3. The van der Waals surface area contributed by atoms with Gasteiger partial charge in [-0.15, -0.1) is 22.7 Å². The number of anilines is 1. The molecule has 0 aliphatic carbocycles. The highest BCUT2D eigenvalue weighted by Gasteiger charge is 2.19. The second-order valence-corrected chi connectivity index (χ2v) is 9.29. The number of benzene rings is 3. The van der Waals surface area contributed by atoms with E-state index in [1.165, 1.54) is 26.4 Å². The summed E-state index contributed by atoms with van der Waals surface area (Å²) in [6.07, 6.45) is 0. The lowest BCUT2D eigenvalue weighted by atomic mass is 9.98. The molecule has 1 N–H and O–H groups in total. The number of thiophene rings is 2. The van der Waals surface area contributed by atoms with Crippen LogP contribution in [0, 0.1) is 0 Å². The predicted molar refractivity (Wildman–Crippen MR) is 135 cm³/mol. The molecule has 0 spiro atoms. The molecule has 0 saturated carbocycles. The molecule has 2 aromatic heterocycles. The first-order chi connectivity index (χ1) is 15.3. The van der Waals surface area contributed by atoms with Crippen molar-refractivity contribution in [3.8, 4) is 32.0 Å². The molecule has 0 atom stereocenters. The Balaban J connectivity index is 1.56. The average Bonchev–Trinajstić information content (AvgIpc) is 3.52. The van der Waals surface area contributed by atoms with Gasteiger partial charge in [-0.05, 0) is 46.2 Å². The van der Waals surface area contributed by atoms with Gasteiger partial charge in [-0.25, -0.2) is 4.99 Å². The fourth-order valence-corrected chi connectivity index (χ4v) is 5.38. The van der Waals surface area contributed by atoms with Crippen LogP contribution in [0.15, 0.2) is 107 Å². The number of nitrogens with one attached hydrogen (secondary N) is 1. The van der Waals surface area contributed by atoms with E-state index >= 15 is 0 Å². The smallest absolute Gasteiger partial charge is 0.138 e. The van der Waals surface area contributed by atoms with Crippen molar-refractivity contribution in [2.45, 2.75) is 0 Å². The van der Waals surface area contributed by atoms with E-state index in [0.29, 0.717) is 0 Å². The lowest BCUT2D eigenvalue weighted by molar-refractivity contribution is 1.50. The van der Waals surface area contributed by atoms with Crippen molar-refractivity contribution in [1.29, 1.82) is 0 Å². The zero-order valence-corrected chi connectivity index (χ0v) is 18.2. The number of hydrogen-bond donors (Lipinski definition) is 1. The monoisotopic (exact) mass is 434 g/mol. The Bertz CT molecular complexity index is 1380. The Hall–Kier alpha value is -3.47. The van der Waals surface area contributed by atoms with E-state index in [9.17, 15) is 0 Å². The van der Waals surface area contributed by atoms with Gasteiger partial charge in [0.15, 0.2) is 0 Å². The highest BCUT2D eigenvalue weighted by Crippen LogP contribution is 2.42. The molecular weight excluding hydrogens is 416 g/mol. The third kappa shape index (κ3) is 3.40. The zero-order valence-electron chi connectivity index (χ0n) is 16.6. The largest absolute Gasteiger partial charge is 0.339 e. The lowest BCUT2D eigenvalue weighted by Crippen LogP contribution is -2.12. The Labute approximate surface area is 189 Å². The van der Waals surface area contributed by atoms with Crippen LogP contribution in [0.1, 0.15) is 5.56 Å². The third-order valence-electron chi connectivity index (χ3n) is 5.45. The topological polar surface area (TPSA) is 24.4 Å². The number of hydrogen-bond acceptors (Lipinski definition) is 4. The summed E-state index contributed by atoms with van der Waals surface area (Å²) in [7, 11) is 0. The first-order valence-corrected chi connectivity index (χ1v) is 11.9. The van der Waals surface area contributed by atoms with E-state index in [-0.39, 0.29) is 0 Å². The highest BCUT2D eigenvalue weighted by atomic mass is 32.1. The predicted octanol–water partition coefficient (Wildman–Crippen LogP) is 8.31. The molecule has 0 unspecified atom stereocenters. The van der Waals surface area contributed by atoms with Gasteiger partial charge >= 0.3 is 0 Å². The van der Waals surface area contributed by atoms with Crippen LogP contribution in [0.5, 0.6) is 0 Å². The van der Waals surface area contributed by atoms with Crippen molar-refractivity contribution in [3.63, 3.8) is 0 Å². The SMILES string of the molecule is c1ccc(C2=Nc3cc(-c4cccs4)ccc3-c3ccc(-c4cccs4)cc3N2)cc1. The second-order valence-electron chi connectivity index (χ2n) is 7.40. The summed E-state index contributed by atoms with van der Waals surface area (Å²) in [5, 5.41) is 7.87. The fourth-order valence-electron chi connectivity index (χ4n) is 3.94. The van der Waals surface area contributed by atoms with E-state index in [1.807, 2.05) is 6.07 Å². The molecule has 4 heteroatoms. The maximum Gasteiger partial charge on any atom is 0.138 e. The van der Waals surface area contributed by atoms with Crippen LogP contribution in [0.4, 0.5) is 11.4 Å². The molecule has 0 fully saturated rings. The van der Waals surface area contributed by atoms with Crippen LogP contribution in [-0.4, -0.2) is 5.84 Å². The van der Waals surface area contributed by atoms with Gasteiger partial charge in [-0.3, -0.25) is 0 Å². The van der Waals surface area contributed by atoms with Crippen LogP contribution < -0.4 is 5.32 Å². The molecular formula is C27H18N2S2. The molecule has 3 aromatic carbocycles. The Kier molecular flexibility index (Phi) is 4.52. The van der Waals surface area contributed by atoms with Gasteiger partial charge in [0.05, 0.1) is 5.69 Å². The summed E-state index contributed by atoms with van der Waals surface area (Å²) in [6, 6.07) is 32.1. The Morgan fingerprint density at radius 2 is 1.26 bits per heavy atom. The van der Waals surface area contributed by atoms with Crippen molar-refractivity contribution in [2.75, 3.05) is 5.32 Å². The maximum atomic E-state index is 5.10. The van der Waals surface area contributed by atoms with Gasteiger partial charge in [0.1, 0.15) is 5.84 Å². The van der Waals surface area contributed by atoms with Crippen molar-refractivity contribution in [3.05, 3.63) is 107 Å². The summed E-state index contributed by atoms with van der Waals surface area (Å²) in [4.78, 5) is 7.62. The van der Waals surface area contributed by atoms with E-state index in [1.54, 1.807) is 22.7 Å². The molecule has 2 nitrogen and oxygen atoms in total. The van der Waals surface area contributed by atoms with Crippen LogP contribution in [0.3, 0.4) is 0 Å². The average molecular weight is 435 g/mol. The lowest BCUT2D eigenvalue weighted by Gasteiger charge is -2.13. The molecule has 0 radical (unpaired) electrons.